The maximum atomic E-state index is 11.6. The van der Waals surface area contributed by atoms with Crippen molar-refractivity contribution >= 4 is 17.4 Å². The number of thiophene rings is 1. The Balaban J connectivity index is 1.65. The van der Waals surface area contributed by atoms with Gasteiger partial charge < -0.3 is 15.4 Å². The van der Waals surface area contributed by atoms with Gasteiger partial charge in [-0.2, -0.15) is 11.3 Å². The number of carbonyl (C=O) groups is 1. The second-order valence-electron chi connectivity index (χ2n) is 4.34. The van der Waals surface area contributed by atoms with Gasteiger partial charge in [-0.15, -0.1) is 0 Å². The van der Waals surface area contributed by atoms with E-state index in [0.29, 0.717) is 13.1 Å². The first kappa shape index (κ1) is 14.4. The van der Waals surface area contributed by atoms with Crippen LogP contribution in [0.3, 0.4) is 0 Å². The van der Waals surface area contributed by atoms with Crippen LogP contribution in [-0.2, 0) is 13.0 Å². The summed E-state index contributed by atoms with van der Waals surface area (Å²) in [6, 6.07) is 9.72. The standard InChI is InChI=1S/C15H18N2O2S/c1-19-14-4-2-12(3-5-14)6-8-16-15(18)17-10-13-7-9-20-11-13/h2-5,7,9,11H,6,8,10H2,1H3,(H2,16,17,18). The Kier molecular flexibility index (Phi) is 5.43. The molecule has 1 heterocycles. The van der Waals surface area contributed by atoms with E-state index in [1.807, 2.05) is 41.1 Å². The monoisotopic (exact) mass is 290 g/mol. The van der Waals surface area contributed by atoms with Gasteiger partial charge in [0.1, 0.15) is 5.75 Å². The third kappa shape index (κ3) is 4.59. The fourth-order valence-electron chi connectivity index (χ4n) is 1.75. The molecule has 0 saturated heterocycles. The van der Waals surface area contributed by atoms with Crippen molar-refractivity contribution in [2.75, 3.05) is 13.7 Å². The van der Waals surface area contributed by atoms with Crippen LogP contribution in [0.2, 0.25) is 0 Å². The van der Waals surface area contributed by atoms with E-state index < -0.39 is 0 Å². The molecule has 0 unspecified atom stereocenters. The highest BCUT2D eigenvalue weighted by Gasteiger charge is 2.01. The van der Waals surface area contributed by atoms with Gasteiger partial charge in [0.25, 0.3) is 0 Å². The Morgan fingerprint density at radius 2 is 1.95 bits per heavy atom. The smallest absolute Gasteiger partial charge is 0.315 e. The minimum absolute atomic E-state index is 0.135. The quantitative estimate of drug-likeness (QED) is 0.859. The number of urea groups is 1. The Hall–Kier alpha value is -2.01. The highest BCUT2D eigenvalue weighted by molar-refractivity contribution is 7.07. The van der Waals surface area contributed by atoms with Crippen molar-refractivity contribution in [3.63, 3.8) is 0 Å². The maximum Gasteiger partial charge on any atom is 0.315 e. The molecule has 20 heavy (non-hydrogen) atoms. The molecule has 0 spiro atoms. The number of nitrogens with one attached hydrogen (secondary N) is 2. The lowest BCUT2D eigenvalue weighted by Gasteiger charge is -2.07. The molecular formula is C15H18N2O2S. The molecule has 0 bridgehead atoms. The van der Waals surface area contributed by atoms with Crippen LogP contribution in [0.5, 0.6) is 5.75 Å². The zero-order valence-electron chi connectivity index (χ0n) is 11.4. The summed E-state index contributed by atoms with van der Waals surface area (Å²) in [6.45, 7) is 1.18. The molecule has 5 heteroatoms. The summed E-state index contributed by atoms with van der Waals surface area (Å²) in [4.78, 5) is 11.6. The molecule has 0 radical (unpaired) electrons. The van der Waals surface area contributed by atoms with E-state index in [4.69, 9.17) is 4.74 Å². The van der Waals surface area contributed by atoms with Crippen molar-refractivity contribution in [1.29, 1.82) is 0 Å². The Labute approximate surface area is 122 Å². The van der Waals surface area contributed by atoms with E-state index in [0.717, 1.165) is 17.7 Å². The van der Waals surface area contributed by atoms with Crippen LogP contribution in [0.4, 0.5) is 4.79 Å². The average Bonchev–Trinajstić information content (AvgIpc) is 2.99. The van der Waals surface area contributed by atoms with Crippen LogP contribution in [0.15, 0.2) is 41.1 Å². The maximum absolute atomic E-state index is 11.6. The number of amides is 2. The van der Waals surface area contributed by atoms with Crippen molar-refractivity contribution in [3.05, 3.63) is 52.2 Å². The minimum Gasteiger partial charge on any atom is -0.497 e. The zero-order valence-corrected chi connectivity index (χ0v) is 12.2. The number of hydrogen-bond donors (Lipinski definition) is 2. The van der Waals surface area contributed by atoms with Gasteiger partial charge in [-0.1, -0.05) is 12.1 Å². The molecule has 106 valence electrons. The Morgan fingerprint density at radius 1 is 1.15 bits per heavy atom. The number of hydrogen-bond acceptors (Lipinski definition) is 3. The molecule has 0 saturated carbocycles. The molecule has 0 aliphatic rings. The average molecular weight is 290 g/mol. The fourth-order valence-corrected chi connectivity index (χ4v) is 2.42. The summed E-state index contributed by atoms with van der Waals surface area (Å²) in [5.74, 6) is 0.843. The van der Waals surface area contributed by atoms with Crippen molar-refractivity contribution in [3.8, 4) is 5.75 Å². The molecule has 2 rings (SSSR count). The second kappa shape index (κ2) is 7.55. The molecule has 1 aromatic carbocycles. The summed E-state index contributed by atoms with van der Waals surface area (Å²) in [6.07, 6.45) is 0.801. The Morgan fingerprint density at radius 3 is 2.60 bits per heavy atom. The van der Waals surface area contributed by atoms with E-state index >= 15 is 0 Å². The van der Waals surface area contributed by atoms with Crippen LogP contribution in [0.25, 0.3) is 0 Å². The Bertz CT molecular complexity index is 523. The molecule has 2 aromatic rings. The van der Waals surface area contributed by atoms with Crippen LogP contribution in [0.1, 0.15) is 11.1 Å². The number of ether oxygens (including phenoxy) is 1. The predicted molar refractivity (Wildman–Crippen MR) is 81.3 cm³/mol. The predicted octanol–water partition coefficient (Wildman–Crippen LogP) is 2.80. The van der Waals surface area contributed by atoms with E-state index in [1.165, 1.54) is 5.56 Å². The third-order valence-electron chi connectivity index (χ3n) is 2.89. The van der Waals surface area contributed by atoms with Gasteiger partial charge in [0.2, 0.25) is 0 Å². The van der Waals surface area contributed by atoms with Crippen molar-refractivity contribution in [2.24, 2.45) is 0 Å². The van der Waals surface area contributed by atoms with E-state index in [2.05, 4.69) is 10.6 Å². The number of methoxy groups -OCH3 is 1. The highest BCUT2D eigenvalue weighted by atomic mass is 32.1. The fraction of sp³-hybridized carbons (Fsp3) is 0.267. The molecule has 0 atom stereocenters. The summed E-state index contributed by atoms with van der Waals surface area (Å²) >= 11 is 1.63. The molecule has 1 aromatic heterocycles. The van der Waals surface area contributed by atoms with Crippen LogP contribution in [-0.4, -0.2) is 19.7 Å². The topological polar surface area (TPSA) is 50.4 Å². The first-order valence-electron chi connectivity index (χ1n) is 6.43. The van der Waals surface area contributed by atoms with Gasteiger partial charge in [-0.3, -0.25) is 0 Å². The van der Waals surface area contributed by atoms with Gasteiger partial charge in [-0.25, -0.2) is 4.79 Å². The van der Waals surface area contributed by atoms with Gasteiger partial charge in [0, 0.05) is 13.1 Å². The molecule has 2 amide bonds. The molecule has 0 aliphatic heterocycles. The van der Waals surface area contributed by atoms with E-state index in [9.17, 15) is 4.79 Å². The van der Waals surface area contributed by atoms with Crippen molar-refractivity contribution in [1.82, 2.24) is 10.6 Å². The highest BCUT2D eigenvalue weighted by Crippen LogP contribution is 2.11. The van der Waals surface area contributed by atoms with Crippen molar-refractivity contribution < 1.29 is 9.53 Å². The third-order valence-corrected chi connectivity index (χ3v) is 3.62. The van der Waals surface area contributed by atoms with Crippen LogP contribution >= 0.6 is 11.3 Å². The summed E-state index contributed by atoms with van der Waals surface area (Å²) in [7, 11) is 1.65. The lowest BCUT2D eigenvalue weighted by Crippen LogP contribution is -2.36. The largest absolute Gasteiger partial charge is 0.497 e. The van der Waals surface area contributed by atoms with Gasteiger partial charge in [0.05, 0.1) is 7.11 Å². The SMILES string of the molecule is COc1ccc(CCNC(=O)NCc2ccsc2)cc1. The van der Waals surface area contributed by atoms with E-state index in [1.54, 1.807) is 18.4 Å². The number of carbonyl (C=O) groups excluding carboxylic acids is 1. The minimum atomic E-state index is -0.135. The van der Waals surface area contributed by atoms with Gasteiger partial charge in [-0.05, 0) is 46.5 Å². The van der Waals surface area contributed by atoms with Crippen LogP contribution < -0.4 is 15.4 Å². The molecule has 0 aliphatic carbocycles. The van der Waals surface area contributed by atoms with E-state index in [-0.39, 0.29) is 6.03 Å². The first-order valence-corrected chi connectivity index (χ1v) is 7.38. The normalized spacial score (nSPS) is 10.1. The number of benzene rings is 1. The second-order valence-corrected chi connectivity index (χ2v) is 5.12. The van der Waals surface area contributed by atoms with Gasteiger partial charge in [0.15, 0.2) is 0 Å². The lowest BCUT2D eigenvalue weighted by atomic mass is 10.1. The first-order chi connectivity index (χ1) is 9.78. The van der Waals surface area contributed by atoms with Gasteiger partial charge >= 0.3 is 6.03 Å². The molecule has 0 fully saturated rings. The molecule has 4 nitrogen and oxygen atoms in total. The summed E-state index contributed by atoms with van der Waals surface area (Å²) < 4.78 is 5.10. The number of rotatable bonds is 6. The van der Waals surface area contributed by atoms with Crippen molar-refractivity contribution in [2.45, 2.75) is 13.0 Å². The zero-order chi connectivity index (χ0) is 14.2. The van der Waals surface area contributed by atoms with Crippen LogP contribution in [0, 0.1) is 0 Å². The summed E-state index contributed by atoms with van der Waals surface area (Å²) in [5, 5.41) is 9.69. The molecule has 2 N–H and O–H groups in total. The molecular weight excluding hydrogens is 272 g/mol. The lowest BCUT2D eigenvalue weighted by molar-refractivity contribution is 0.240. The summed E-state index contributed by atoms with van der Waals surface area (Å²) in [5.41, 5.74) is 2.30.